The molecule has 3 N–H and O–H groups in total. The lowest BCUT2D eigenvalue weighted by molar-refractivity contribution is -0.139. The normalized spacial score (nSPS) is 11.8. The first-order valence-electron chi connectivity index (χ1n) is 8.65. The minimum absolute atomic E-state index is 0.0352. The van der Waals surface area contributed by atoms with Crippen LogP contribution in [0.25, 0.3) is 11.1 Å². The Kier molecular flexibility index (Phi) is 6.92. The number of aliphatic hydroxyl groups excluding tert-OH is 1. The highest BCUT2D eigenvalue weighted by Gasteiger charge is 2.23. The van der Waals surface area contributed by atoms with Gasteiger partial charge in [-0.15, -0.1) is 11.3 Å². The highest BCUT2D eigenvalue weighted by atomic mass is 35.5. The minimum Gasteiger partial charge on any atom is -0.480 e. The summed E-state index contributed by atoms with van der Waals surface area (Å²) in [7, 11) is 0. The van der Waals surface area contributed by atoms with Gasteiger partial charge in [-0.1, -0.05) is 53.5 Å². The van der Waals surface area contributed by atoms with Crippen molar-refractivity contribution < 1.29 is 19.8 Å². The number of hydrogen-bond acceptors (Lipinski definition) is 4. The van der Waals surface area contributed by atoms with E-state index in [2.05, 4.69) is 5.32 Å². The summed E-state index contributed by atoms with van der Waals surface area (Å²) in [5.41, 5.74) is 2.66. The Balaban J connectivity index is 1.76. The van der Waals surface area contributed by atoms with Crippen molar-refractivity contribution in [1.82, 2.24) is 5.32 Å². The first-order chi connectivity index (χ1) is 13.9. The Labute approximate surface area is 181 Å². The largest absolute Gasteiger partial charge is 0.480 e. The Morgan fingerprint density at radius 1 is 1.03 bits per heavy atom. The predicted molar refractivity (Wildman–Crippen MR) is 115 cm³/mol. The van der Waals surface area contributed by atoms with Gasteiger partial charge in [0, 0.05) is 11.3 Å². The van der Waals surface area contributed by atoms with Crippen molar-refractivity contribution in [1.29, 1.82) is 0 Å². The number of thiophene rings is 1. The molecule has 0 saturated carbocycles. The van der Waals surface area contributed by atoms with Crippen LogP contribution in [0.5, 0.6) is 0 Å². The lowest BCUT2D eigenvalue weighted by atomic mass is 10.0. The zero-order valence-corrected chi connectivity index (χ0v) is 17.4. The molecular formula is C21H17Cl2NO4S. The molecule has 1 aromatic heterocycles. The van der Waals surface area contributed by atoms with Crippen LogP contribution in [0.2, 0.25) is 10.0 Å². The maximum absolute atomic E-state index is 12.5. The van der Waals surface area contributed by atoms with Crippen molar-refractivity contribution in [3.05, 3.63) is 80.0 Å². The average Bonchev–Trinajstić information content (AvgIpc) is 3.16. The smallest absolute Gasteiger partial charge is 0.326 e. The fourth-order valence-corrected chi connectivity index (χ4v) is 4.25. The second-order valence-corrected chi connectivity index (χ2v) is 8.09. The maximum atomic E-state index is 12.5. The van der Waals surface area contributed by atoms with Gasteiger partial charge in [0.25, 0.3) is 5.91 Å². The maximum Gasteiger partial charge on any atom is 0.326 e. The number of carboxylic acid groups (broad SMARTS) is 1. The molecule has 0 radical (unpaired) electrons. The first kappa shape index (κ1) is 21.3. The Morgan fingerprint density at radius 2 is 1.69 bits per heavy atom. The fraction of sp³-hybridized carbons (Fsp3) is 0.143. The van der Waals surface area contributed by atoms with Crippen LogP contribution in [0.3, 0.4) is 0 Å². The van der Waals surface area contributed by atoms with Gasteiger partial charge in [0.2, 0.25) is 0 Å². The molecule has 8 heteroatoms. The zero-order chi connectivity index (χ0) is 21.0. The number of carboxylic acids is 1. The van der Waals surface area contributed by atoms with Crippen molar-refractivity contribution in [3.63, 3.8) is 0 Å². The molecule has 0 saturated heterocycles. The number of aliphatic hydroxyl groups is 1. The second kappa shape index (κ2) is 9.41. The summed E-state index contributed by atoms with van der Waals surface area (Å²) < 4.78 is 0. The van der Waals surface area contributed by atoms with E-state index < -0.39 is 17.9 Å². The number of aliphatic carboxylic acids is 1. The monoisotopic (exact) mass is 449 g/mol. The summed E-state index contributed by atoms with van der Waals surface area (Å²) >= 11 is 13.5. The molecule has 0 spiro atoms. The van der Waals surface area contributed by atoms with Crippen molar-refractivity contribution in [2.45, 2.75) is 19.1 Å². The van der Waals surface area contributed by atoms with Crippen LogP contribution in [0, 0.1) is 0 Å². The zero-order valence-electron chi connectivity index (χ0n) is 15.1. The van der Waals surface area contributed by atoms with Gasteiger partial charge in [-0.25, -0.2) is 4.79 Å². The van der Waals surface area contributed by atoms with E-state index in [1.165, 1.54) is 23.5 Å². The van der Waals surface area contributed by atoms with E-state index in [1.54, 1.807) is 18.2 Å². The number of amides is 1. The number of halogens is 2. The summed E-state index contributed by atoms with van der Waals surface area (Å²) in [4.78, 5) is 25.0. The Morgan fingerprint density at radius 3 is 2.28 bits per heavy atom. The molecular weight excluding hydrogens is 433 g/mol. The highest BCUT2D eigenvalue weighted by Crippen LogP contribution is 2.29. The van der Waals surface area contributed by atoms with E-state index >= 15 is 0 Å². The van der Waals surface area contributed by atoms with Crippen molar-refractivity contribution in [2.75, 3.05) is 0 Å². The van der Waals surface area contributed by atoms with Crippen molar-refractivity contribution in [2.24, 2.45) is 0 Å². The molecule has 0 aliphatic rings. The van der Waals surface area contributed by atoms with Crippen LogP contribution in [0.4, 0.5) is 0 Å². The van der Waals surface area contributed by atoms with Gasteiger partial charge in [-0.2, -0.15) is 0 Å². The summed E-state index contributed by atoms with van der Waals surface area (Å²) in [5, 5.41) is 23.6. The molecule has 1 atom stereocenters. The van der Waals surface area contributed by atoms with Gasteiger partial charge in [-0.05, 0) is 40.3 Å². The molecule has 0 bridgehead atoms. The summed E-state index contributed by atoms with van der Waals surface area (Å²) in [6, 6.07) is 12.8. The standard InChI is InChI=1S/C21H17Cl2NO4S/c22-15-2-1-3-16(23)19(15)20(26)24-17(21(27)28)10-12-4-6-13(7-5-12)14-8-9-29-18(14)11-25/h1-9,17,25H,10-11H2,(H,24,26)(H,27,28)/t17-/m0/s1. The number of hydrogen-bond donors (Lipinski definition) is 3. The van der Waals surface area contributed by atoms with Crippen molar-refractivity contribution >= 4 is 46.4 Å². The molecule has 0 aliphatic carbocycles. The van der Waals surface area contributed by atoms with Crippen LogP contribution in [0.15, 0.2) is 53.9 Å². The van der Waals surface area contributed by atoms with Crippen LogP contribution in [-0.2, 0) is 17.8 Å². The molecule has 29 heavy (non-hydrogen) atoms. The number of benzene rings is 2. The molecule has 5 nitrogen and oxygen atoms in total. The Bertz CT molecular complexity index is 1010. The molecule has 3 aromatic rings. The number of carbonyl (C=O) groups is 2. The number of nitrogens with one attached hydrogen (secondary N) is 1. The number of carbonyl (C=O) groups excluding carboxylic acids is 1. The van der Waals surface area contributed by atoms with E-state index in [4.69, 9.17) is 23.2 Å². The molecule has 1 heterocycles. The van der Waals surface area contributed by atoms with Gasteiger partial charge in [0.15, 0.2) is 0 Å². The fourth-order valence-electron chi connectivity index (χ4n) is 2.92. The Hall–Kier alpha value is -2.38. The third kappa shape index (κ3) is 4.97. The van der Waals surface area contributed by atoms with Crippen LogP contribution >= 0.6 is 34.5 Å². The van der Waals surface area contributed by atoms with E-state index in [9.17, 15) is 19.8 Å². The molecule has 0 fully saturated rings. The van der Waals surface area contributed by atoms with Gasteiger partial charge < -0.3 is 15.5 Å². The van der Waals surface area contributed by atoms with Crippen LogP contribution < -0.4 is 5.32 Å². The van der Waals surface area contributed by atoms with E-state index in [-0.39, 0.29) is 28.6 Å². The van der Waals surface area contributed by atoms with Crippen molar-refractivity contribution in [3.8, 4) is 11.1 Å². The van der Waals surface area contributed by atoms with Gasteiger partial charge in [-0.3, -0.25) is 4.79 Å². The SMILES string of the molecule is O=C(N[C@@H](Cc1ccc(-c2ccsc2CO)cc1)C(=O)O)c1c(Cl)cccc1Cl. The van der Waals surface area contributed by atoms with Gasteiger partial charge >= 0.3 is 5.97 Å². The third-order valence-corrected chi connectivity index (χ3v) is 5.92. The second-order valence-electron chi connectivity index (χ2n) is 6.28. The third-order valence-electron chi connectivity index (χ3n) is 4.39. The van der Waals surface area contributed by atoms with Gasteiger partial charge in [0.1, 0.15) is 6.04 Å². The van der Waals surface area contributed by atoms with Crippen LogP contribution in [0.1, 0.15) is 20.8 Å². The molecule has 3 rings (SSSR count). The highest BCUT2D eigenvalue weighted by molar-refractivity contribution is 7.10. The lowest BCUT2D eigenvalue weighted by Gasteiger charge is -2.16. The molecule has 150 valence electrons. The summed E-state index contributed by atoms with van der Waals surface area (Å²) in [6.07, 6.45) is 0.0971. The minimum atomic E-state index is -1.16. The molecule has 0 aliphatic heterocycles. The lowest BCUT2D eigenvalue weighted by Crippen LogP contribution is -2.42. The predicted octanol–water partition coefficient (Wildman–Crippen LogP) is 4.64. The van der Waals surface area contributed by atoms with E-state index in [0.29, 0.717) is 0 Å². The molecule has 2 aromatic carbocycles. The van der Waals surface area contributed by atoms with Crippen LogP contribution in [-0.4, -0.2) is 28.1 Å². The average molecular weight is 450 g/mol. The van der Waals surface area contributed by atoms with E-state index in [1.807, 2.05) is 23.6 Å². The number of rotatable bonds is 7. The quantitative estimate of drug-likeness (QED) is 0.490. The molecule has 1 amide bonds. The van der Waals surface area contributed by atoms with Gasteiger partial charge in [0.05, 0.1) is 22.2 Å². The summed E-state index contributed by atoms with van der Waals surface area (Å²) in [6.45, 7) is -0.0352. The summed E-state index contributed by atoms with van der Waals surface area (Å²) in [5.74, 6) is -1.80. The molecule has 0 unspecified atom stereocenters. The first-order valence-corrected chi connectivity index (χ1v) is 10.3. The topological polar surface area (TPSA) is 86.6 Å². The van der Waals surface area contributed by atoms with E-state index in [0.717, 1.165) is 21.6 Å².